The van der Waals surface area contributed by atoms with E-state index in [-0.39, 0.29) is 5.78 Å². The molecular weight excluding hydrogens is 364 g/mol. The second-order valence-electron chi connectivity index (χ2n) is 7.08. The summed E-state index contributed by atoms with van der Waals surface area (Å²) in [6.07, 6.45) is 4.19. The number of fused-ring (bicyclic) bond motifs is 3. The Hall–Kier alpha value is -3.34. The number of rotatable bonds is 7. The number of ketones is 1. The summed E-state index contributed by atoms with van der Waals surface area (Å²) < 4.78 is 11.7. The average Bonchev–Trinajstić information content (AvgIpc) is 3.05. The number of nitrogen functional groups attached to an aromatic ring is 1. The standard InChI is InChI=1S/C24H24N2O3/c1-3-7-15-14-19(28-2)21-20-17(24(27)22(21)23(15)25)9-6-10-18(20)29-13-11-16-8-4-5-12-26-16/h4-6,8-10,12,14H,3,7,11,13,25H2,1-2H3. The third-order valence-corrected chi connectivity index (χ3v) is 5.25. The van der Waals surface area contributed by atoms with Crippen LogP contribution in [0.1, 0.15) is 40.5 Å². The zero-order chi connectivity index (χ0) is 20.4. The first-order chi connectivity index (χ1) is 14.2. The highest BCUT2D eigenvalue weighted by Gasteiger charge is 2.35. The van der Waals surface area contributed by atoms with E-state index in [1.165, 1.54) is 0 Å². The van der Waals surface area contributed by atoms with Crippen molar-refractivity contribution < 1.29 is 14.3 Å². The molecule has 0 saturated carbocycles. The molecule has 5 heteroatoms. The van der Waals surface area contributed by atoms with Crippen LogP contribution in [0.5, 0.6) is 11.5 Å². The molecule has 2 aromatic carbocycles. The van der Waals surface area contributed by atoms with Gasteiger partial charge in [-0.25, -0.2) is 0 Å². The number of hydrogen-bond donors (Lipinski definition) is 1. The van der Waals surface area contributed by atoms with Crippen LogP contribution < -0.4 is 15.2 Å². The Bertz CT molecular complexity index is 1060. The van der Waals surface area contributed by atoms with Crippen molar-refractivity contribution in [2.45, 2.75) is 26.2 Å². The van der Waals surface area contributed by atoms with Gasteiger partial charge in [0.05, 0.1) is 19.3 Å². The number of benzene rings is 2. The fraction of sp³-hybridized carbons (Fsp3) is 0.250. The Labute approximate surface area is 170 Å². The highest BCUT2D eigenvalue weighted by Crippen LogP contribution is 2.50. The van der Waals surface area contributed by atoms with Gasteiger partial charge < -0.3 is 15.2 Å². The summed E-state index contributed by atoms with van der Waals surface area (Å²) in [5, 5.41) is 0. The summed E-state index contributed by atoms with van der Waals surface area (Å²) in [4.78, 5) is 17.5. The highest BCUT2D eigenvalue weighted by atomic mass is 16.5. The molecule has 1 heterocycles. The molecule has 0 unspecified atom stereocenters. The lowest BCUT2D eigenvalue weighted by Crippen LogP contribution is -2.05. The lowest BCUT2D eigenvalue weighted by Gasteiger charge is -2.16. The summed E-state index contributed by atoms with van der Waals surface area (Å²) in [6, 6.07) is 13.3. The summed E-state index contributed by atoms with van der Waals surface area (Å²) in [5.74, 6) is 1.25. The van der Waals surface area contributed by atoms with Crippen molar-refractivity contribution in [3.05, 3.63) is 71.0 Å². The minimum atomic E-state index is -0.0704. The van der Waals surface area contributed by atoms with Gasteiger partial charge in [0.1, 0.15) is 11.5 Å². The van der Waals surface area contributed by atoms with E-state index < -0.39 is 0 Å². The molecule has 5 nitrogen and oxygen atoms in total. The second-order valence-corrected chi connectivity index (χ2v) is 7.08. The molecule has 0 aliphatic heterocycles. The summed E-state index contributed by atoms with van der Waals surface area (Å²) in [6.45, 7) is 2.55. The molecule has 0 fully saturated rings. The first kappa shape index (κ1) is 19.0. The zero-order valence-electron chi connectivity index (χ0n) is 16.7. The Balaban J connectivity index is 1.74. The Kier molecular flexibility index (Phi) is 5.21. The molecule has 0 amide bonds. The molecule has 0 bridgehead atoms. The van der Waals surface area contributed by atoms with Crippen molar-refractivity contribution >= 4 is 11.5 Å². The van der Waals surface area contributed by atoms with E-state index in [0.29, 0.717) is 41.3 Å². The van der Waals surface area contributed by atoms with Gasteiger partial charge in [-0.15, -0.1) is 0 Å². The third-order valence-electron chi connectivity index (χ3n) is 5.25. The maximum Gasteiger partial charge on any atom is 0.196 e. The molecule has 4 rings (SSSR count). The molecule has 0 saturated heterocycles. The van der Waals surface area contributed by atoms with Gasteiger partial charge in [-0.3, -0.25) is 9.78 Å². The van der Waals surface area contributed by atoms with Crippen LogP contribution >= 0.6 is 0 Å². The molecule has 0 atom stereocenters. The molecule has 1 aliphatic rings. The Morgan fingerprint density at radius 1 is 1.00 bits per heavy atom. The van der Waals surface area contributed by atoms with Crippen LogP contribution in [0.2, 0.25) is 0 Å². The van der Waals surface area contributed by atoms with Gasteiger partial charge in [-0.1, -0.05) is 31.5 Å². The number of nitrogens with zero attached hydrogens (tertiary/aromatic N) is 1. The Morgan fingerprint density at radius 2 is 1.86 bits per heavy atom. The van der Waals surface area contributed by atoms with Crippen LogP contribution in [-0.4, -0.2) is 24.5 Å². The van der Waals surface area contributed by atoms with Crippen molar-refractivity contribution in [3.63, 3.8) is 0 Å². The van der Waals surface area contributed by atoms with Crippen LogP contribution in [0, 0.1) is 0 Å². The molecule has 0 spiro atoms. The average molecular weight is 388 g/mol. The van der Waals surface area contributed by atoms with Gasteiger partial charge in [0.25, 0.3) is 0 Å². The highest BCUT2D eigenvalue weighted by molar-refractivity contribution is 6.26. The monoisotopic (exact) mass is 388 g/mol. The van der Waals surface area contributed by atoms with Gasteiger partial charge in [-0.05, 0) is 36.2 Å². The topological polar surface area (TPSA) is 74.4 Å². The van der Waals surface area contributed by atoms with Gasteiger partial charge in [0.15, 0.2) is 5.78 Å². The normalized spacial score (nSPS) is 11.9. The smallest absolute Gasteiger partial charge is 0.196 e. The predicted octanol–water partition coefficient (Wildman–Crippen LogP) is 4.46. The number of carbonyl (C=O) groups excluding carboxylic acids is 1. The van der Waals surface area contributed by atoms with Crippen LogP contribution in [0.25, 0.3) is 11.1 Å². The number of methoxy groups -OCH3 is 1. The van der Waals surface area contributed by atoms with Gasteiger partial charge in [-0.2, -0.15) is 0 Å². The van der Waals surface area contributed by atoms with E-state index >= 15 is 0 Å². The minimum Gasteiger partial charge on any atom is -0.496 e. The Morgan fingerprint density at radius 3 is 2.59 bits per heavy atom. The zero-order valence-corrected chi connectivity index (χ0v) is 16.7. The third kappa shape index (κ3) is 3.33. The number of anilines is 1. The lowest BCUT2D eigenvalue weighted by atomic mass is 9.97. The SMILES string of the molecule is CCCc1cc(OC)c2c(c1N)C(=O)c1cccc(OCCc3ccccn3)c1-2. The largest absolute Gasteiger partial charge is 0.496 e. The van der Waals surface area contributed by atoms with E-state index in [9.17, 15) is 4.79 Å². The number of aromatic nitrogens is 1. The van der Waals surface area contributed by atoms with Crippen molar-refractivity contribution in [2.75, 3.05) is 19.5 Å². The first-order valence-electron chi connectivity index (χ1n) is 9.85. The number of nitrogens with two attached hydrogens (primary N) is 1. The van der Waals surface area contributed by atoms with Crippen LogP contribution in [0.15, 0.2) is 48.7 Å². The van der Waals surface area contributed by atoms with Gasteiger partial charge in [0, 0.05) is 40.7 Å². The molecule has 1 aliphatic carbocycles. The van der Waals surface area contributed by atoms with E-state index in [1.54, 1.807) is 13.3 Å². The molecule has 1 aromatic heterocycles. The molecule has 0 radical (unpaired) electrons. The van der Waals surface area contributed by atoms with Crippen molar-refractivity contribution in [3.8, 4) is 22.6 Å². The van der Waals surface area contributed by atoms with Crippen molar-refractivity contribution in [2.24, 2.45) is 0 Å². The predicted molar refractivity (Wildman–Crippen MR) is 114 cm³/mol. The maximum absolute atomic E-state index is 13.2. The fourth-order valence-electron chi connectivity index (χ4n) is 3.89. The van der Waals surface area contributed by atoms with Crippen molar-refractivity contribution in [1.29, 1.82) is 0 Å². The van der Waals surface area contributed by atoms with Crippen molar-refractivity contribution in [1.82, 2.24) is 4.98 Å². The first-order valence-corrected chi connectivity index (χ1v) is 9.85. The number of ether oxygens (including phenoxy) is 2. The van der Waals surface area contributed by atoms with E-state index in [2.05, 4.69) is 11.9 Å². The molecule has 148 valence electrons. The second kappa shape index (κ2) is 7.95. The van der Waals surface area contributed by atoms with Gasteiger partial charge >= 0.3 is 0 Å². The number of aryl methyl sites for hydroxylation is 1. The van der Waals surface area contributed by atoms with E-state index in [0.717, 1.165) is 35.2 Å². The fourth-order valence-corrected chi connectivity index (χ4v) is 3.89. The number of carbonyl (C=O) groups is 1. The van der Waals surface area contributed by atoms with E-state index in [4.69, 9.17) is 15.2 Å². The van der Waals surface area contributed by atoms with Crippen LogP contribution in [-0.2, 0) is 12.8 Å². The summed E-state index contributed by atoms with van der Waals surface area (Å²) in [7, 11) is 1.62. The quantitative estimate of drug-likeness (QED) is 0.473. The summed E-state index contributed by atoms with van der Waals surface area (Å²) in [5.41, 5.74) is 11.5. The summed E-state index contributed by atoms with van der Waals surface area (Å²) >= 11 is 0. The van der Waals surface area contributed by atoms with Crippen LogP contribution in [0.3, 0.4) is 0 Å². The molecular formula is C24H24N2O3. The number of pyridine rings is 1. The minimum absolute atomic E-state index is 0.0704. The number of hydrogen-bond acceptors (Lipinski definition) is 5. The molecule has 2 N–H and O–H groups in total. The van der Waals surface area contributed by atoms with E-state index in [1.807, 2.05) is 42.5 Å². The lowest BCUT2D eigenvalue weighted by molar-refractivity contribution is 0.104. The van der Waals surface area contributed by atoms with Crippen LogP contribution in [0.4, 0.5) is 5.69 Å². The van der Waals surface area contributed by atoms with Gasteiger partial charge in [0.2, 0.25) is 0 Å². The maximum atomic E-state index is 13.2. The molecule has 3 aromatic rings. The molecule has 29 heavy (non-hydrogen) atoms.